The number of hydrogen-bond donors (Lipinski definition) is 1. The van der Waals surface area contributed by atoms with Gasteiger partial charge in [0.05, 0.1) is 29.6 Å². The van der Waals surface area contributed by atoms with Crippen molar-refractivity contribution >= 4 is 44.4 Å². The second-order valence-corrected chi connectivity index (χ2v) is 7.31. The minimum atomic E-state index is 0.720. The fraction of sp³-hybridized carbons (Fsp3) is 0.133. The van der Waals surface area contributed by atoms with E-state index in [1.807, 2.05) is 42.9 Å². The number of imidazole rings is 1. The average molecular weight is 362 g/mol. The molecule has 0 atom stereocenters. The smallest absolute Gasteiger partial charge is 0.214 e. The van der Waals surface area contributed by atoms with Gasteiger partial charge in [0, 0.05) is 15.5 Å². The summed E-state index contributed by atoms with van der Waals surface area (Å²) in [7, 11) is 0. The fourth-order valence-corrected chi connectivity index (χ4v) is 3.80. The van der Waals surface area contributed by atoms with Crippen LogP contribution in [0.15, 0.2) is 36.0 Å². The molecule has 3 heterocycles. The van der Waals surface area contributed by atoms with E-state index in [0.29, 0.717) is 0 Å². The maximum atomic E-state index is 5.92. The monoisotopic (exact) mass is 361 g/mol. The third-order valence-corrected chi connectivity index (χ3v) is 5.50. The van der Waals surface area contributed by atoms with E-state index in [-0.39, 0.29) is 0 Å². The Morgan fingerprint density at radius 1 is 1.26 bits per heavy atom. The van der Waals surface area contributed by atoms with E-state index >= 15 is 0 Å². The van der Waals surface area contributed by atoms with Crippen LogP contribution in [-0.4, -0.2) is 19.6 Å². The molecule has 4 rings (SSSR count). The number of nitrogens with one attached hydrogen (secondary N) is 1. The molecule has 0 bridgehead atoms. The molecule has 1 aromatic carbocycles. The minimum Gasteiger partial charge on any atom is -0.355 e. The van der Waals surface area contributed by atoms with E-state index < -0.39 is 0 Å². The Hall–Kier alpha value is -1.96. The summed E-state index contributed by atoms with van der Waals surface area (Å²) in [6, 6.07) is 7.64. The number of thiazole rings is 1. The number of hydrogen-bond acceptors (Lipinski definition) is 6. The molecule has 0 aliphatic rings. The molecular weight excluding hydrogens is 350 g/mol. The summed E-state index contributed by atoms with van der Waals surface area (Å²) in [5.41, 5.74) is 4.85. The predicted molar refractivity (Wildman–Crippen MR) is 95.5 cm³/mol. The van der Waals surface area contributed by atoms with Crippen LogP contribution in [-0.2, 0) is 6.54 Å². The van der Waals surface area contributed by atoms with Gasteiger partial charge in [0.2, 0.25) is 10.1 Å². The number of rotatable bonds is 4. The quantitative estimate of drug-likeness (QED) is 0.582. The number of aromatic nitrogens is 4. The van der Waals surface area contributed by atoms with Crippen molar-refractivity contribution in [2.24, 2.45) is 0 Å². The van der Waals surface area contributed by atoms with Crippen LogP contribution in [0, 0.1) is 6.92 Å². The van der Waals surface area contributed by atoms with E-state index in [1.54, 1.807) is 15.9 Å². The number of anilines is 1. The Labute approximate surface area is 145 Å². The van der Waals surface area contributed by atoms with Gasteiger partial charge in [-0.25, -0.2) is 14.5 Å². The van der Waals surface area contributed by atoms with Crippen molar-refractivity contribution in [3.8, 4) is 11.3 Å². The van der Waals surface area contributed by atoms with Gasteiger partial charge in [0.1, 0.15) is 0 Å². The van der Waals surface area contributed by atoms with Crippen LogP contribution in [0.4, 0.5) is 5.13 Å². The molecule has 0 aliphatic carbocycles. The van der Waals surface area contributed by atoms with Crippen molar-refractivity contribution in [2.45, 2.75) is 13.5 Å². The van der Waals surface area contributed by atoms with Gasteiger partial charge < -0.3 is 5.32 Å². The van der Waals surface area contributed by atoms with Gasteiger partial charge in [0.25, 0.3) is 0 Å². The zero-order chi connectivity index (χ0) is 15.8. The molecule has 23 heavy (non-hydrogen) atoms. The molecule has 0 fully saturated rings. The molecule has 0 aliphatic heterocycles. The molecule has 4 aromatic rings. The van der Waals surface area contributed by atoms with E-state index in [1.165, 1.54) is 16.2 Å². The lowest BCUT2D eigenvalue weighted by Crippen LogP contribution is -1.99. The van der Waals surface area contributed by atoms with Gasteiger partial charge >= 0.3 is 0 Å². The third-order valence-electron chi connectivity index (χ3n) is 3.43. The topological polar surface area (TPSA) is 55.1 Å². The fourth-order valence-electron chi connectivity index (χ4n) is 2.18. The van der Waals surface area contributed by atoms with E-state index in [0.717, 1.165) is 38.6 Å². The van der Waals surface area contributed by atoms with Crippen LogP contribution in [0.1, 0.15) is 10.6 Å². The van der Waals surface area contributed by atoms with Crippen LogP contribution in [0.25, 0.3) is 16.2 Å². The van der Waals surface area contributed by atoms with Gasteiger partial charge in [-0.1, -0.05) is 35.1 Å². The highest BCUT2D eigenvalue weighted by Crippen LogP contribution is 2.26. The summed E-state index contributed by atoms with van der Waals surface area (Å²) >= 11 is 9.10. The van der Waals surface area contributed by atoms with Gasteiger partial charge in [-0.05, 0) is 19.1 Å². The molecule has 116 valence electrons. The number of nitrogens with zero attached hydrogens (tertiary/aromatic N) is 4. The first-order valence-electron chi connectivity index (χ1n) is 6.94. The van der Waals surface area contributed by atoms with E-state index in [2.05, 4.69) is 20.4 Å². The number of benzene rings is 1. The summed E-state index contributed by atoms with van der Waals surface area (Å²) in [6.07, 6.45) is 1.93. The molecule has 0 saturated carbocycles. The molecule has 0 unspecified atom stereocenters. The van der Waals surface area contributed by atoms with Crippen molar-refractivity contribution in [3.05, 3.63) is 51.6 Å². The molecule has 3 aromatic heterocycles. The van der Waals surface area contributed by atoms with Crippen molar-refractivity contribution in [1.29, 1.82) is 0 Å². The minimum absolute atomic E-state index is 0.720. The highest BCUT2D eigenvalue weighted by atomic mass is 35.5. The van der Waals surface area contributed by atoms with Crippen LogP contribution in [0.3, 0.4) is 0 Å². The number of halogens is 1. The molecule has 0 spiro atoms. The highest BCUT2D eigenvalue weighted by Gasteiger charge is 2.10. The average Bonchev–Trinajstić information content (AvgIpc) is 3.20. The molecule has 0 saturated heterocycles. The Bertz CT molecular complexity index is 922. The molecule has 0 radical (unpaired) electrons. The summed E-state index contributed by atoms with van der Waals surface area (Å²) in [4.78, 5) is 11.0. The third kappa shape index (κ3) is 2.95. The lowest BCUT2D eigenvalue weighted by Gasteiger charge is -1.99. The first-order valence-corrected chi connectivity index (χ1v) is 9.01. The zero-order valence-electron chi connectivity index (χ0n) is 12.2. The highest BCUT2D eigenvalue weighted by molar-refractivity contribution is 7.20. The first-order chi connectivity index (χ1) is 11.2. The largest absolute Gasteiger partial charge is 0.355 e. The molecule has 8 heteroatoms. The van der Waals surface area contributed by atoms with Gasteiger partial charge in [-0.15, -0.1) is 16.4 Å². The Balaban J connectivity index is 1.54. The molecule has 5 nitrogen and oxygen atoms in total. The zero-order valence-corrected chi connectivity index (χ0v) is 14.5. The lowest BCUT2D eigenvalue weighted by atomic mass is 10.2. The maximum absolute atomic E-state index is 5.92. The number of fused-ring (bicyclic) bond motifs is 1. The Morgan fingerprint density at radius 3 is 2.78 bits per heavy atom. The molecule has 1 N–H and O–H groups in total. The second-order valence-electron chi connectivity index (χ2n) is 4.98. The van der Waals surface area contributed by atoms with Crippen molar-refractivity contribution in [2.75, 3.05) is 5.32 Å². The van der Waals surface area contributed by atoms with E-state index in [4.69, 9.17) is 11.6 Å². The first kappa shape index (κ1) is 14.6. The van der Waals surface area contributed by atoms with Crippen molar-refractivity contribution < 1.29 is 0 Å². The summed E-state index contributed by atoms with van der Waals surface area (Å²) in [6.45, 7) is 2.75. The normalized spacial score (nSPS) is 11.2. The van der Waals surface area contributed by atoms with Crippen molar-refractivity contribution in [3.63, 3.8) is 0 Å². The van der Waals surface area contributed by atoms with Crippen molar-refractivity contribution in [1.82, 2.24) is 19.6 Å². The molecule has 0 amide bonds. The molecular formula is C15H12ClN5S2. The van der Waals surface area contributed by atoms with Crippen LogP contribution >= 0.6 is 34.3 Å². The number of aryl methyl sites for hydroxylation is 1. The Kier molecular flexibility index (Phi) is 3.76. The summed E-state index contributed by atoms with van der Waals surface area (Å²) in [5, 5.41) is 9.43. The van der Waals surface area contributed by atoms with Crippen LogP contribution in [0.5, 0.6) is 0 Å². The lowest BCUT2D eigenvalue weighted by molar-refractivity contribution is 0.962. The van der Waals surface area contributed by atoms with E-state index in [9.17, 15) is 0 Å². The van der Waals surface area contributed by atoms with Gasteiger partial charge in [-0.2, -0.15) is 0 Å². The standard InChI is InChI=1S/C15H12ClN5S2/c1-9-13(22-8-18-9)6-17-14-20-21-7-12(19-15(21)23-14)10-2-4-11(16)5-3-10/h2-5,7-8H,6H2,1H3,(H,17,20). The Morgan fingerprint density at radius 2 is 2.09 bits per heavy atom. The maximum Gasteiger partial charge on any atom is 0.214 e. The SMILES string of the molecule is Cc1ncsc1CNc1nn2cc(-c3ccc(Cl)cc3)nc2s1. The summed E-state index contributed by atoms with van der Waals surface area (Å²) < 4.78 is 1.80. The van der Waals surface area contributed by atoms with Gasteiger partial charge in [0.15, 0.2) is 0 Å². The van der Waals surface area contributed by atoms with Crippen LogP contribution < -0.4 is 5.32 Å². The van der Waals surface area contributed by atoms with Crippen LogP contribution in [0.2, 0.25) is 5.02 Å². The van der Waals surface area contributed by atoms with Gasteiger partial charge in [-0.3, -0.25) is 0 Å². The second kappa shape index (κ2) is 5.92. The predicted octanol–water partition coefficient (Wildman–Crippen LogP) is 4.49. The summed E-state index contributed by atoms with van der Waals surface area (Å²) in [5.74, 6) is 0.